The van der Waals surface area contributed by atoms with Crippen molar-refractivity contribution in [3.05, 3.63) is 47.0 Å². The van der Waals surface area contributed by atoms with E-state index in [0.717, 1.165) is 31.6 Å². The van der Waals surface area contributed by atoms with Gasteiger partial charge in [0.15, 0.2) is 0 Å². The average Bonchev–Trinajstić information content (AvgIpc) is 3.15. The molecule has 0 radical (unpaired) electrons. The first-order valence-corrected chi connectivity index (χ1v) is 9.20. The monoisotopic (exact) mass is 326 g/mol. The molecule has 1 unspecified atom stereocenters. The number of aromatic nitrogens is 3. The summed E-state index contributed by atoms with van der Waals surface area (Å²) in [5.41, 5.74) is 2.27. The van der Waals surface area contributed by atoms with E-state index >= 15 is 0 Å². The van der Waals surface area contributed by atoms with Gasteiger partial charge >= 0.3 is 0 Å². The molecule has 0 aliphatic carbocycles. The standard InChI is InChI=1S/C19H26N4O/c24-14-16-9-7-15(8-10-16)13-22-11-4-5-17(22)19-21-20-18-6-2-1-3-12-23(18)19/h7-10,17,24H,1-6,11-14H2. The summed E-state index contributed by atoms with van der Waals surface area (Å²) in [5.74, 6) is 2.36. The van der Waals surface area contributed by atoms with Gasteiger partial charge in [-0.25, -0.2) is 0 Å². The molecule has 0 spiro atoms. The summed E-state index contributed by atoms with van der Waals surface area (Å²) < 4.78 is 2.39. The number of aliphatic hydroxyl groups excluding tert-OH is 1. The van der Waals surface area contributed by atoms with Crippen molar-refractivity contribution >= 4 is 0 Å². The van der Waals surface area contributed by atoms with Crippen LogP contribution >= 0.6 is 0 Å². The summed E-state index contributed by atoms with van der Waals surface area (Å²) >= 11 is 0. The van der Waals surface area contributed by atoms with E-state index in [-0.39, 0.29) is 6.61 Å². The fourth-order valence-electron chi connectivity index (χ4n) is 4.05. The van der Waals surface area contributed by atoms with Crippen LogP contribution in [0.1, 0.15) is 60.9 Å². The van der Waals surface area contributed by atoms with Crippen LogP contribution in [0.3, 0.4) is 0 Å². The van der Waals surface area contributed by atoms with Crippen molar-refractivity contribution in [1.29, 1.82) is 0 Å². The van der Waals surface area contributed by atoms with Crippen LogP contribution in [0, 0.1) is 0 Å². The molecule has 1 fully saturated rings. The molecule has 5 heteroatoms. The van der Waals surface area contributed by atoms with Crippen molar-refractivity contribution < 1.29 is 5.11 Å². The Kier molecular flexibility index (Phi) is 4.63. The Labute approximate surface area is 143 Å². The Balaban J connectivity index is 1.53. The van der Waals surface area contributed by atoms with Crippen molar-refractivity contribution in [2.45, 2.75) is 64.3 Å². The van der Waals surface area contributed by atoms with E-state index < -0.39 is 0 Å². The minimum absolute atomic E-state index is 0.110. The van der Waals surface area contributed by atoms with Crippen molar-refractivity contribution in [3.8, 4) is 0 Å². The van der Waals surface area contributed by atoms with Gasteiger partial charge in [0.1, 0.15) is 11.6 Å². The molecule has 2 aliphatic rings. The van der Waals surface area contributed by atoms with Crippen molar-refractivity contribution in [1.82, 2.24) is 19.7 Å². The van der Waals surface area contributed by atoms with E-state index in [1.54, 1.807) is 0 Å². The third kappa shape index (κ3) is 3.10. The molecule has 0 amide bonds. The molecule has 2 aliphatic heterocycles. The summed E-state index contributed by atoms with van der Waals surface area (Å²) in [7, 11) is 0. The fraction of sp³-hybridized carbons (Fsp3) is 0.579. The molecule has 2 aromatic rings. The van der Waals surface area contributed by atoms with Crippen LogP contribution in [0.2, 0.25) is 0 Å². The van der Waals surface area contributed by atoms with Gasteiger partial charge in [0.25, 0.3) is 0 Å². The Morgan fingerprint density at radius 3 is 2.62 bits per heavy atom. The highest BCUT2D eigenvalue weighted by Gasteiger charge is 2.31. The number of hydrogen-bond acceptors (Lipinski definition) is 4. The molecule has 1 aromatic carbocycles. The normalized spacial score (nSPS) is 21.6. The van der Waals surface area contributed by atoms with Gasteiger partial charge in [-0.2, -0.15) is 0 Å². The SMILES string of the molecule is OCc1ccc(CN2CCCC2c2nnc3n2CCCCC3)cc1. The highest BCUT2D eigenvalue weighted by molar-refractivity contribution is 5.22. The van der Waals surface area contributed by atoms with Gasteiger partial charge in [0.05, 0.1) is 12.6 Å². The van der Waals surface area contributed by atoms with E-state index in [1.165, 1.54) is 49.3 Å². The predicted molar refractivity (Wildman–Crippen MR) is 92.3 cm³/mol. The van der Waals surface area contributed by atoms with Gasteiger partial charge in [-0.3, -0.25) is 4.90 Å². The lowest BCUT2D eigenvalue weighted by Gasteiger charge is -2.24. The van der Waals surface area contributed by atoms with Crippen LogP contribution in [0.5, 0.6) is 0 Å². The van der Waals surface area contributed by atoms with Gasteiger partial charge in [-0.15, -0.1) is 10.2 Å². The molecule has 0 bridgehead atoms. The average molecular weight is 326 g/mol. The second kappa shape index (κ2) is 7.03. The molecule has 5 nitrogen and oxygen atoms in total. The summed E-state index contributed by atoms with van der Waals surface area (Å²) in [6.07, 6.45) is 7.25. The lowest BCUT2D eigenvalue weighted by molar-refractivity contribution is 0.234. The predicted octanol–water partition coefficient (Wildman–Crippen LogP) is 2.83. The number of rotatable bonds is 4. The topological polar surface area (TPSA) is 54.2 Å². The Morgan fingerprint density at radius 1 is 0.958 bits per heavy atom. The van der Waals surface area contributed by atoms with Gasteiger partial charge < -0.3 is 9.67 Å². The maximum Gasteiger partial charge on any atom is 0.150 e. The maximum absolute atomic E-state index is 9.19. The van der Waals surface area contributed by atoms with Gasteiger partial charge in [0, 0.05) is 19.5 Å². The number of likely N-dealkylation sites (tertiary alicyclic amines) is 1. The number of aliphatic hydroxyl groups is 1. The van der Waals surface area contributed by atoms with Crippen LogP contribution < -0.4 is 0 Å². The number of hydrogen-bond donors (Lipinski definition) is 1. The summed E-state index contributed by atoms with van der Waals surface area (Å²) in [4.78, 5) is 2.54. The zero-order valence-corrected chi connectivity index (χ0v) is 14.2. The van der Waals surface area contributed by atoms with Crippen LogP contribution in [-0.4, -0.2) is 31.3 Å². The summed E-state index contributed by atoms with van der Waals surface area (Å²) in [6, 6.07) is 8.69. The molecule has 4 rings (SSSR count). The maximum atomic E-state index is 9.19. The van der Waals surface area contributed by atoms with E-state index in [4.69, 9.17) is 0 Å². The smallest absolute Gasteiger partial charge is 0.150 e. The third-order valence-electron chi connectivity index (χ3n) is 5.39. The number of fused-ring (bicyclic) bond motifs is 1. The van der Waals surface area contributed by atoms with Gasteiger partial charge in [-0.05, 0) is 43.4 Å². The van der Waals surface area contributed by atoms with Crippen LogP contribution in [-0.2, 0) is 26.1 Å². The molecular weight excluding hydrogens is 300 g/mol. The highest BCUT2D eigenvalue weighted by atomic mass is 16.3. The Morgan fingerprint density at radius 2 is 1.79 bits per heavy atom. The lowest BCUT2D eigenvalue weighted by atomic mass is 10.1. The second-order valence-corrected chi connectivity index (χ2v) is 7.04. The fourth-order valence-corrected chi connectivity index (χ4v) is 4.05. The molecule has 1 atom stereocenters. The zero-order valence-electron chi connectivity index (χ0n) is 14.2. The molecular formula is C19H26N4O. The van der Waals surface area contributed by atoms with Gasteiger partial charge in [-0.1, -0.05) is 30.7 Å². The van der Waals surface area contributed by atoms with Crippen molar-refractivity contribution in [2.24, 2.45) is 0 Å². The highest BCUT2D eigenvalue weighted by Crippen LogP contribution is 2.33. The molecule has 24 heavy (non-hydrogen) atoms. The van der Waals surface area contributed by atoms with Crippen LogP contribution in [0.4, 0.5) is 0 Å². The van der Waals surface area contributed by atoms with E-state index in [9.17, 15) is 5.11 Å². The van der Waals surface area contributed by atoms with E-state index in [2.05, 4.69) is 31.8 Å². The molecule has 128 valence electrons. The molecule has 0 saturated carbocycles. The van der Waals surface area contributed by atoms with E-state index in [0.29, 0.717) is 6.04 Å². The molecule has 3 heterocycles. The number of nitrogens with zero attached hydrogens (tertiary/aromatic N) is 4. The number of benzene rings is 1. The van der Waals surface area contributed by atoms with Crippen molar-refractivity contribution in [3.63, 3.8) is 0 Å². The van der Waals surface area contributed by atoms with Crippen molar-refractivity contribution in [2.75, 3.05) is 6.54 Å². The first kappa shape index (κ1) is 15.8. The Hall–Kier alpha value is -1.72. The van der Waals surface area contributed by atoms with Gasteiger partial charge in [0.2, 0.25) is 0 Å². The number of aryl methyl sites for hydroxylation is 1. The minimum atomic E-state index is 0.110. The van der Waals surface area contributed by atoms with Crippen LogP contribution in [0.15, 0.2) is 24.3 Å². The van der Waals surface area contributed by atoms with E-state index in [1.807, 2.05) is 12.1 Å². The first-order chi connectivity index (χ1) is 11.8. The molecule has 1 aromatic heterocycles. The zero-order chi connectivity index (χ0) is 16.4. The summed E-state index contributed by atoms with van der Waals surface area (Å²) in [6.45, 7) is 3.25. The van der Waals surface area contributed by atoms with Crippen LogP contribution in [0.25, 0.3) is 0 Å². The minimum Gasteiger partial charge on any atom is -0.392 e. The Bertz CT molecular complexity index is 679. The summed E-state index contributed by atoms with van der Waals surface area (Å²) in [5, 5.41) is 18.2. The second-order valence-electron chi connectivity index (χ2n) is 7.04. The lowest BCUT2D eigenvalue weighted by Crippen LogP contribution is -2.25. The molecule has 1 saturated heterocycles. The quantitative estimate of drug-likeness (QED) is 0.939. The first-order valence-electron chi connectivity index (χ1n) is 9.20. The molecule has 1 N–H and O–H groups in total. The largest absolute Gasteiger partial charge is 0.392 e. The third-order valence-corrected chi connectivity index (χ3v) is 5.39.